The molecule has 0 radical (unpaired) electrons. The number of amides is 1. The van der Waals surface area contributed by atoms with Crippen LogP contribution in [0.4, 0.5) is 10.1 Å². The van der Waals surface area contributed by atoms with Gasteiger partial charge in [0.15, 0.2) is 0 Å². The minimum atomic E-state index is -0.248. The van der Waals surface area contributed by atoms with Crippen molar-refractivity contribution in [1.29, 1.82) is 0 Å². The van der Waals surface area contributed by atoms with E-state index in [1.165, 1.54) is 31.0 Å². The van der Waals surface area contributed by atoms with E-state index in [4.69, 9.17) is 0 Å². The summed E-state index contributed by atoms with van der Waals surface area (Å²) >= 11 is 0. The molecule has 0 spiro atoms. The van der Waals surface area contributed by atoms with Gasteiger partial charge in [0.1, 0.15) is 5.82 Å². The Hall–Kier alpha value is -2.36. The maximum atomic E-state index is 13.6. The third-order valence-corrected chi connectivity index (χ3v) is 5.07. The van der Waals surface area contributed by atoms with Crippen molar-refractivity contribution in [3.8, 4) is 0 Å². The van der Waals surface area contributed by atoms with Crippen molar-refractivity contribution in [2.24, 2.45) is 0 Å². The van der Waals surface area contributed by atoms with Gasteiger partial charge in [0.25, 0.3) is 0 Å². The molecule has 1 fully saturated rings. The summed E-state index contributed by atoms with van der Waals surface area (Å²) in [5.74, 6) is -0.303. The van der Waals surface area contributed by atoms with Gasteiger partial charge in [0, 0.05) is 25.2 Å². The average Bonchev–Trinajstić information content (AvgIpc) is 2.68. The summed E-state index contributed by atoms with van der Waals surface area (Å²) in [4.78, 5) is 14.6. The number of aryl methyl sites for hydroxylation is 1. The van der Waals surface area contributed by atoms with E-state index in [-0.39, 0.29) is 24.2 Å². The van der Waals surface area contributed by atoms with Gasteiger partial charge in [-0.1, -0.05) is 30.3 Å². The van der Waals surface area contributed by atoms with E-state index in [2.05, 4.69) is 34.5 Å². The smallest absolute Gasteiger partial charge is 0.220 e. The van der Waals surface area contributed by atoms with Gasteiger partial charge < -0.3 is 10.2 Å². The number of nitrogens with one attached hydrogen (secondary N) is 1. The van der Waals surface area contributed by atoms with E-state index in [0.717, 1.165) is 18.7 Å². The molecule has 0 unspecified atom stereocenters. The molecule has 0 bridgehead atoms. The summed E-state index contributed by atoms with van der Waals surface area (Å²) in [5.41, 5.74) is 2.93. The van der Waals surface area contributed by atoms with Crippen LogP contribution in [-0.4, -0.2) is 19.0 Å². The molecule has 3 rings (SSSR count). The van der Waals surface area contributed by atoms with Crippen LogP contribution in [0.1, 0.15) is 49.8 Å². The fourth-order valence-corrected chi connectivity index (χ4v) is 3.47. The Morgan fingerprint density at radius 3 is 2.46 bits per heavy atom. The van der Waals surface area contributed by atoms with Gasteiger partial charge in [-0.25, -0.2) is 4.39 Å². The molecule has 1 aliphatic rings. The molecule has 1 atom stereocenters. The first-order valence-corrected chi connectivity index (χ1v) is 9.51. The van der Waals surface area contributed by atoms with Crippen LogP contribution in [0.2, 0.25) is 0 Å². The molecule has 1 N–H and O–H groups in total. The third kappa shape index (κ3) is 4.84. The lowest BCUT2D eigenvalue weighted by molar-refractivity contribution is -0.121. The number of hydrogen-bond acceptors (Lipinski definition) is 2. The molecule has 138 valence electrons. The standard InChI is InChI=1S/C22H27FN2O/c1-17(24-22(26)14-11-19-7-3-4-8-21(19)23)18-9-12-20(13-10-18)25-15-5-2-6-16-25/h3-4,7-10,12-13,17H,2,5-6,11,14-16H2,1H3,(H,24,26)/t17-/m0/s1. The fourth-order valence-electron chi connectivity index (χ4n) is 3.47. The second-order valence-electron chi connectivity index (χ2n) is 7.02. The SMILES string of the molecule is C[C@H](NC(=O)CCc1ccccc1F)c1ccc(N2CCCCC2)cc1. The van der Waals surface area contributed by atoms with Crippen molar-refractivity contribution < 1.29 is 9.18 Å². The van der Waals surface area contributed by atoms with Crippen LogP contribution in [0.5, 0.6) is 0 Å². The monoisotopic (exact) mass is 354 g/mol. The Morgan fingerprint density at radius 1 is 1.08 bits per heavy atom. The largest absolute Gasteiger partial charge is 0.372 e. The number of benzene rings is 2. The Bertz CT molecular complexity index is 723. The van der Waals surface area contributed by atoms with Crippen LogP contribution < -0.4 is 10.2 Å². The van der Waals surface area contributed by atoms with Crippen LogP contribution >= 0.6 is 0 Å². The predicted molar refractivity (Wildman–Crippen MR) is 104 cm³/mol. The van der Waals surface area contributed by atoms with E-state index in [1.54, 1.807) is 18.2 Å². The normalized spacial score (nSPS) is 15.5. The van der Waals surface area contributed by atoms with Gasteiger partial charge in [0.2, 0.25) is 5.91 Å². The summed E-state index contributed by atoms with van der Waals surface area (Å²) in [6.45, 7) is 4.24. The summed E-state index contributed by atoms with van der Waals surface area (Å²) in [5, 5.41) is 3.01. The summed E-state index contributed by atoms with van der Waals surface area (Å²) in [6.07, 6.45) is 4.55. The summed E-state index contributed by atoms with van der Waals surface area (Å²) in [6, 6.07) is 15.0. The summed E-state index contributed by atoms with van der Waals surface area (Å²) < 4.78 is 13.6. The topological polar surface area (TPSA) is 32.3 Å². The van der Waals surface area contributed by atoms with E-state index in [1.807, 2.05) is 6.92 Å². The number of rotatable bonds is 6. The zero-order chi connectivity index (χ0) is 18.4. The van der Waals surface area contributed by atoms with Crippen LogP contribution in [-0.2, 0) is 11.2 Å². The number of piperidine rings is 1. The van der Waals surface area contributed by atoms with Crippen LogP contribution in [0.15, 0.2) is 48.5 Å². The number of anilines is 1. The third-order valence-electron chi connectivity index (χ3n) is 5.07. The maximum absolute atomic E-state index is 13.6. The fraction of sp³-hybridized carbons (Fsp3) is 0.409. The number of carbonyl (C=O) groups is 1. The van der Waals surface area contributed by atoms with Gasteiger partial charge in [-0.05, 0) is 61.9 Å². The number of hydrogen-bond donors (Lipinski definition) is 1. The Morgan fingerprint density at radius 2 is 1.77 bits per heavy atom. The molecule has 2 aromatic carbocycles. The Labute approximate surface area is 155 Å². The average molecular weight is 354 g/mol. The molecule has 4 heteroatoms. The van der Waals surface area contributed by atoms with E-state index >= 15 is 0 Å². The Balaban J connectivity index is 1.51. The molecule has 0 aromatic heterocycles. The Kier molecular flexibility index (Phi) is 6.26. The van der Waals surface area contributed by atoms with Gasteiger partial charge in [0.05, 0.1) is 6.04 Å². The second kappa shape index (κ2) is 8.84. The first kappa shape index (κ1) is 18.4. The van der Waals surface area contributed by atoms with E-state index < -0.39 is 0 Å². The molecule has 3 nitrogen and oxygen atoms in total. The van der Waals surface area contributed by atoms with Crippen molar-refractivity contribution in [2.45, 2.75) is 45.1 Å². The van der Waals surface area contributed by atoms with Crippen molar-refractivity contribution in [1.82, 2.24) is 5.32 Å². The molecule has 1 aliphatic heterocycles. The predicted octanol–water partition coefficient (Wildman–Crippen LogP) is 4.63. The maximum Gasteiger partial charge on any atom is 0.220 e. The molecule has 1 saturated heterocycles. The van der Waals surface area contributed by atoms with Gasteiger partial charge in [-0.15, -0.1) is 0 Å². The number of carbonyl (C=O) groups excluding carboxylic acids is 1. The van der Waals surface area contributed by atoms with Gasteiger partial charge in [-0.2, -0.15) is 0 Å². The zero-order valence-electron chi connectivity index (χ0n) is 15.4. The lowest BCUT2D eigenvalue weighted by Crippen LogP contribution is -2.29. The van der Waals surface area contributed by atoms with Crippen molar-refractivity contribution in [2.75, 3.05) is 18.0 Å². The molecule has 0 saturated carbocycles. The highest BCUT2D eigenvalue weighted by Gasteiger charge is 2.13. The lowest BCUT2D eigenvalue weighted by atomic mass is 10.1. The highest BCUT2D eigenvalue weighted by atomic mass is 19.1. The molecule has 26 heavy (non-hydrogen) atoms. The molecule has 0 aliphatic carbocycles. The first-order chi connectivity index (χ1) is 12.6. The van der Waals surface area contributed by atoms with E-state index in [9.17, 15) is 9.18 Å². The van der Waals surface area contributed by atoms with Crippen LogP contribution in [0, 0.1) is 5.82 Å². The van der Waals surface area contributed by atoms with Crippen LogP contribution in [0.3, 0.4) is 0 Å². The molecule has 1 amide bonds. The first-order valence-electron chi connectivity index (χ1n) is 9.51. The van der Waals surface area contributed by atoms with Crippen molar-refractivity contribution >= 4 is 11.6 Å². The minimum absolute atomic E-state index is 0.0548. The number of nitrogens with zero attached hydrogens (tertiary/aromatic N) is 1. The minimum Gasteiger partial charge on any atom is -0.372 e. The van der Waals surface area contributed by atoms with E-state index in [0.29, 0.717) is 12.0 Å². The molecule has 1 heterocycles. The van der Waals surface area contributed by atoms with Crippen molar-refractivity contribution in [3.05, 3.63) is 65.5 Å². The highest BCUT2D eigenvalue weighted by molar-refractivity contribution is 5.76. The zero-order valence-corrected chi connectivity index (χ0v) is 15.4. The lowest BCUT2D eigenvalue weighted by Gasteiger charge is -2.29. The van der Waals surface area contributed by atoms with Gasteiger partial charge >= 0.3 is 0 Å². The molecular weight excluding hydrogens is 327 g/mol. The molecule has 2 aromatic rings. The van der Waals surface area contributed by atoms with Gasteiger partial charge in [-0.3, -0.25) is 4.79 Å². The van der Waals surface area contributed by atoms with Crippen LogP contribution in [0.25, 0.3) is 0 Å². The molecular formula is C22H27FN2O. The quantitative estimate of drug-likeness (QED) is 0.820. The van der Waals surface area contributed by atoms with Crippen molar-refractivity contribution in [3.63, 3.8) is 0 Å². The summed E-state index contributed by atoms with van der Waals surface area (Å²) in [7, 11) is 0. The second-order valence-corrected chi connectivity index (χ2v) is 7.02. The highest BCUT2D eigenvalue weighted by Crippen LogP contribution is 2.22. The number of halogens is 1.